The molecule has 0 saturated carbocycles. The smallest absolute Gasteiger partial charge is 0.261 e. The van der Waals surface area contributed by atoms with Crippen LogP contribution in [-0.4, -0.2) is 24.1 Å². The van der Waals surface area contributed by atoms with Gasteiger partial charge in [0.15, 0.2) is 6.10 Å². The molecule has 0 spiro atoms. The number of nitrogens with zero attached hydrogens (tertiary/aromatic N) is 1. The summed E-state index contributed by atoms with van der Waals surface area (Å²) in [5.41, 5.74) is 3.88. The van der Waals surface area contributed by atoms with Crippen molar-refractivity contribution in [1.82, 2.24) is 10.3 Å². The van der Waals surface area contributed by atoms with Crippen molar-refractivity contribution in [1.29, 1.82) is 0 Å². The fourth-order valence-electron chi connectivity index (χ4n) is 2.77. The molecule has 0 aliphatic carbocycles. The number of methoxy groups -OCH3 is 1. The Bertz CT molecular complexity index is 772. The molecule has 1 aromatic heterocycles. The van der Waals surface area contributed by atoms with Gasteiger partial charge in [0.25, 0.3) is 5.91 Å². The summed E-state index contributed by atoms with van der Waals surface area (Å²) in [5, 5.41) is 2.89. The van der Waals surface area contributed by atoms with Gasteiger partial charge in [0.1, 0.15) is 11.5 Å². The van der Waals surface area contributed by atoms with Crippen molar-refractivity contribution >= 4 is 5.91 Å². The fourth-order valence-corrected chi connectivity index (χ4v) is 2.77. The fraction of sp³-hybridized carbons (Fsp3) is 0.429. The van der Waals surface area contributed by atoms with E-state index in [1.54, 1.807) is 20.2 Å². The summed E-state index contributed by atoms with van der Waals surface area (Å²) in [4.78, 5) is 16.8. The first-order valence-corrected chi connectivity index (χ1v) is 8.86. The van der Waals surface area contributed by atoms with Crippen molar-refractivity contribution in [3.05, 3.63) is 52.8 Å². The minimum atomic E-state index is -0.593. The first-order valence-electron chi connectivity index (χ1n) is 8.86. The van der Waals surface area contributed by atoms with Crippen LogP contribution in [0.1, 0.15) is 49.1 Å². The highest BCUT2D eigenvalue weighted by Gasteiger charge is 2.16. The Morgan fingerprint density at radius 2 is 1.96 bits per heavy atom. The van der Waals surface area contributed by atoms with E-state index in [0.29, 0.717) is 18.2 Å². The largest absolute Gasteiger partial charge is 0.496 e. The zero-order chi connectivity index (χ0) is 19.3. The molecule has 5 heteroatoms. The number of aromatic nitrogens is 1. The normalized spacial score (nSPS) is 12.0. The van der Waals surface area contributed by atoms with Crippen LogP contribution in [0.2, 0.25) is 0 Å². The third-order valence-electron chi connectivity index (χ3n) is 4.39. The molecule has 0 aliphatic heterocycles. The summed E-state index contributed by atoms with van der Waals surface area (Å²) < 4.78 is 11.2. The molecule has 26 heavy (non-hydrogen) atoms. The van der Waals surface area contributed by atoms with Crippen LogP contribution in [0, 0.1) is 13.8 Å². The molecular formula is C21H28N2O3. The van der Waals surface area contributed by atoms with E-state index in [4.69, 9.17) is 9.47 Å². The molecule has 0 radical (unpaired) electrons. The molecule has 1 amide bonds. The van der Waals surface area contributed by atoms with Gasteiger partial charge in [-0.2, -0.15) is 0 Å². The molecule has 1 heterocycles. The van der Waals surface area contributed by atoms with Crippen molar-refractivity contribution < 1.29 is 14.3 Å². The first-order chi connectivity index (χ1) is 12.3. The molecule has 0 aliphatic rings. The molecule has 140 valence electrons. The average molecular weight is 356 g/mol. The van der Waals surface area contributed by atoms with Crippen LogP contribution >= 0.6 is 0 Å². The second-order valence-electron chi connectivity index (χ2n) is 6.75. The van der Waals surface area contributed by atoms with Crippen LogP contribution in [-0.2, 0) is 11.3 Å². The topological polar surface area (TPSA) is 60.5 Å². The molecule has 2 rings (SSSR count). The Morgan fingerprint density at radius 1 is 1.23 bits per heavy atom. The van der Waals surface area contributed by atoms with Gasteiger partial charge >= 0.3 is 0 Å². The number of carbonyl (C=O) groups excluding carboxylic acids is 1. The van der Waals surface area contributed by atoms with Gasteiger partial charge in [-0.1, -0.05) is 26.0 Å². The van der Waals surface area contributed by atoms with E-state index in [-0.39, 0.29) is 5.91 Å². The van der Waals surface area contributed by atoms with Gasteiger partial charge in [0.2, 0.25) is 0 Å². The predicted octanol–water partition coefficient (Wildman–Crippen LogP) is 3.91. The van der Waals surface area contributed by atoms with E-state index in [2.05, 4.69) is 30.2 Å². The van der Waals surface area contributed by atoms with Crippen molar-refractivity contribution in [2.24, 2.45) is 0 Å². The van der Waals surface area contributed by atoms with Gasteiger partial charge in [-0.3, -0.25) is 9.78 Å². The van der Waals surface area contributed by atoms with Crippen molar-refractivity contribution in [3.8, 4) is 11.5 Å². The molecule has 1 unspecified atom stereocenters. The summed E-state index contributed by atoms with van der Waals surface area (Å²) in [7, 11) is 1.64. The van der Waals surface area contributed by atoms with Crippen molar-refractivity contribution in [2.45, 2.75) is 53.2 Å². The second-order valence-corrected chi connectivity index (χ2v) is 6.75. The highest BCUT2D eigenvalue weighted by molar-refractivity contribution is 5.80. The Labute approximate surface area is 155 Å². The summed E-state index contributed by atoms with van der Waals surface area (Å²) in [6.07, 6.45) is 1.16. The van der Waals surface area contributed by atoms with Gasteiger partial charge < -0.3 is 14.8 Å². The van der Waals surface area contributed by atoms with Gasteiger partial charge in [-0.15, -0.1) is 0 Å². The number of aryl methyl sites for hydroxylation is 1. The lowest BCUT2D eigenvalue weighted by molar-refractivity contribution is -0.127. The molecular weight excluding hydrogens is 328 g/mol. The van der Waals surface area contributed by atoms with E-state index < -0.39 is 6.10 Å². The summed E-state index contributed by atoms with van der Waals surface area (Å²) in [6.45, 7) is 10.2. The standard InChI is InChI=1S/C21H28N2O3/c1-13(2)17-8-7-9-18(10-17)26-16(5)21(24)23-12-19-15(4)20(25-6)14(3)11-22-19/h7-11,13,16H,12H2,1-6H3,(H,23,24). The van der Waals surface area contributed by atoms with Gasteiger partial charge in [0.05, 0.1) is 19.3 Å². The number of ether oxygens (including phenoxy) is 2. The monoisotopic (exact) mass is 356 g/mol. The number of pyridine rings is 1. The lowest BCUT2D eigenvalue weighted by Crippen LogP contribution is -2.36. The van der Waals surface area contributed by atoms with Crippen LogP contribution in [0.15, 0.2) is 30.5 Å². The third kappa shape index (κ3) is 4.75. The minimum Gasteiger partial charge on any atom is -0.496 e. The second kappa shape index (κ2) is 8.70. The number of hydrogen-bond acceptors (Lipinski definition) is 4. The molecule has 0 fully saturated rings. The molecule has 1 N–H and O–H groups in total. The van der Waals surface area contributed by atoms with Crippen LogP contribution in [0.4, 0.5) is 0 Å². The zero-order valence-corrected chi connectivity index (χ0v) is 16.4. The number of benzene rings is 1. The average Bonchev–Trinajstić information content (AvgIpc) is 2.61. The van der Waals surface area contributed by atoms with Crippen LogP contribution < -0.4 is 14.8 Å². The molecule has 5 nitrogen and oxygen atoms in total. The summed E-state index contributed by atoms with van der Waals surface area (Å²) in [5.74, 6) is 1.73. The molecule has 2 aromatic rings. The predicted molar refractivity (Wildman–Crippen MR) is 103 cm³/mol. The maximum atomic E-state index is 12.4. The first kappa shape index (κ1) is 19.8. The SMILES string of the molecule is COc1c(C)cnc(CNC(=O)C(C)Oc2cccc(C(C)C)c2)c1C. The van der Waals surface area contributed by atoms with E-state index >= 15 is 0 Å². The van der Waals surface area contributed by atoms with Crippen molar-refractivity contribution in [3.63, 3.8) is 0 Å². The molecule has 0 saturated heterocycles. The van der Waals surface area contributed by atoms with Crippen LogP contribution in [0.3, 0.4) is 0 Å². The number of nitrogens with one attached hydrogen (secondary N) is 1. The molecule has 0 bridgehead atoms. The quantitative estimate of drug-likeness (QED) is 0.817. The highest BCUT2D eigenvalue weighted by Crippen LogP contribution is 2.24. The Balaban J connectivity index is 1.99. The Morgan fingerprint density at radius 3 is 2.62 bits per heavy atom. The van der Waals surface area contributed by atoms with Gasteiger partial charge in [-0.25, -0.2) is 0 Å². The van der Waals surface area contributed by atoms with Crippen LogP contribution in [0.5, 0.6) is 11.5 Å². The van der Waals surface area contributed by atoms with E-state index in [1.165, 1.54) is 5.56 Å². The van der Waals surface area contributed by atoms with E-state index in [9.17, 15) is 4.79 Å². The van der Waals surface area contributed by atoms with Gasteiger partial charge in [0, 0.05) is 17.3 Å². The number of carbonyl (C=O) groups is 1. The molecule has 1 aromatic carbocycles. The van der Waals surface area contributed by atoms with Crippen LogP contribution in [0.25, 0.3) is 0 Å². The zero-order valence-electron chi connectivity index (χ0n) is 16.4. The van der Waals surface area contributed by atoms with Gasteiger partial charge in [-0.05, 0) is 44.4 Å². The lowest BCUT2D eigenvalue weighted by atomic mass is 10.0. The third-order valence-corrected chi connectivity index (χ3v) is 4.39. The highest BCUT2D eigenvalue weighted by atomic mass is 16.5. The number of rotatable bonds is 7. The number of amides is 1. The maximum Gasteiger partial charge on any atom is 0.261 e. The van der Waals surface area contributed by atoms with E-state index in [0.717, 1.165) is 22.6 Å². The maximum absolute atomic E-state index is 12.4. The summed E-state index contributed by atoms with van der Waals surface area (Å²) >= 11 is 0. The summed E-state index contributed by atoms with van der Waals surface area (Å²) in [6, 6.07) is 7.85. The number of hydrogen-bond donors (Lipinski definition) is 1. The van der Waals surface area contributed by atoms with E-state index in [1.807, 2.05) is 32.0 Å². The lowest BCUT2D eigenvalue weighted by Gasteiger charge is -2.17. The Kier molecular flexibility index (Phi) is 6.61. The van der Waals surface area contributed by atoms with Crippen molar-refractivity contribution in [2.75, 3.05) is 7.11 Å². The minimum absolute atomic E-state index is 0.180. The Hall–Kier alpha value is -2.56. The molecule has 1 atom stereocenters.